The molecule has 4 nitrogen and oxygen atoms in total. The quantitative estimate of drug-likeness (QED) is 0.783. The van der Waals surface area contributed by atoms with Crippen LogP contribution in [0.2, 0.25) is 0 Å². The fraction of sp³-hybridized carbons (Fsp3) is 0.600. The van der Waals surface area contributed by atoms with Crippen molar-refractivity contribution >= 4 is 17.5 Å². The average molecular weight is 326 g/mol. The Morgan fingerprint density at radius 1 is 1.00 bits per heavy atom. The van der Waals surface area contributed by atoms with Crippen molar-refractivity contribution in [2.24, 2.45) is 5.41 Å². The molecule has 0 bridgehead atoms. The molecule has 128 valence electrons. The molecule has 1 aromatic carbocycles. The van der Waals surface area contributed by atoms with E-state index in [1.807, 2.05) is 28.0 Å². The summed E-state index contributed by atoms with van der Waals surface area (Å²) in [4.78, 5) is 30.3. The Kier molecular flexibility index (Phi) is 3.86. The van der Waals surface area contributed by atoms with E-state index in [9.17, 15) is 9.59 Å². The molecule has 1 atom stereocenters. The monoisotopic (exact) mass is 326 g/mol. The van der Waals surface area contributed by atoms with Gasteiger partial charge in [-0.1, -0.05) is 31.0 Å². The molecule has 2 aliphatic heterocycles. The van der Waals surface area contributed by atoms with Gasteiger partial charge in [0.25, 0.3) is 0 Å². The number of fused-ring (bicyclic) bond motifs is 1. The van der Waals surface area contributed by atoms with Crippen molar-refractivity contribution in [3.8, 4) is 0 Å². The molecule has 0 radical (unpaired) electrons. The summed E-state index contributed by atoms with van der Waals surface area (Å²) in [5.74, 6) is 0.125. The highest BCUT2D eigenvalue weighted by atomic mass is 16.2. The molecule has 1 aromatic rings. The third kappa shape index (κ3) is 2.43. The molecule has 2 amide bonds. The number of amides is 2. The summed E-state index contributed by atoms with van der Waals surface area (Å²) >= 11 is 0. The second-order valence-corrected chi connectivity index (χ2v) is 7.65. The van der Waals surface area contributed by atoms with Crippen LogP contribution in [0.5, 0.6) is 0 Å². The van der Waals surface area contributed by atoms with E-state index in [2.05, 4.69) is 13.0 Å². The van der Waals surface area contributed by atoms with E-state index in [1.165, 1.54) is 18.4 Å². The Hall–Kier alpha value is -1.84. The fourth-order valence-electron chi connectivity index (χ4n) is 4.33. The van der Waals surface area contributed by atoms with Gasteiger partial charge >= 0.3 is 0 Å². The molecule has 24 heavy (non-hydrogen) atoms. The molecule has 4 rings (SSSR count). The number of anilines is 1. The first-order valence-electron chi connectivity index (χ1n) is 9.34. The van der Waals surface area contributed by atoms with E-state index in [4.69, 9.17) is 0 Å². The van der Waals surface area contributed by atoms with Crippen LogP contribution in [-0.4, -0.2) is 35.8 Å². The Morgan fingerprint density at radius 2 is 1.67 bits per heavy atom. The summed E-state index contributed by atoms with van der Waals surface area (Å²) in [5, 5.41) is 0. The maximum Gasteiger partial charge on any atom is 0.242 e. The molecule has 2 fully saturated rings. The van der Waals surface area contributed by atoms with E-state index in [1.54, 1.807) is 0 Å². The molecule has 0 aromatic heterocycles. The second-order valence-electron chi connectivity index (χ2n) is 7.65. The van der Waals surface area contributed by atoms with Gasteiger partial charge in [-0.15, -0.1) is 0 Å². The van der Waals surface area contributed by atoms with Gasteiger partial charge in [-0.05, 0) is 50.7 Å². The summed E-state index contributed by atoms with van der Waals surface area (Å²) in [6, 6.07) is 8.25. The Labute approximate surface area is 143 Å². The van der Waals surface area contributed by atoms with Gasteiger partial charge in [-0.2, -0.15) is 0 Å². The summed E-state index contributed by atoms with van der Waals surface area (Å²) in [7, 11) is 0. The number of nitrogens with zero attached hydrogens (tertiary/aromatic N) is 2. The topological polar surface area (TPSA) is 40.6 Å². The van der Waals surface area contributed by atoms with Crippen LogP contribution in [0, 0.1) is 5.41 Å². The van der Waals surface area contributed by atoms with E-state index in [0.29, 0.717) is 12.8 Å². The van der Waals surface area contributed by atoms with Gasteiger partial charge in [0.1, 0.15) is 5.41 Å². The van der Waals surface area contributed by atoms with Crippen molar-refractivity contribution in [3.63, 3.8) is 0 Å². The predicted octanol–water partition coefficient (Wildman–Crippen LogP) is 3.15. The van der Waals surface area contributed by atoms with E-state index >= 15 is 0 Å². The highest BCUT2D eigenvalue weighted by Crippen LogP contribution is 2.51. The zero-order valence-electron chi connectivity index (χ0n) is 14.5. The summed E-state index contributed by atoms with van der Waals surface area (Å²) < 4.78 is 0. The van der Waals surface area contributed by atoms with Crippen LogP contribution in [-0.2, 0) is 16.0 Å². The Morgan fingerprint density at radius 3 is 2.33 bits per heavy atom. The first-order chi connectivity index (χ1) is 11.6. The molecule has 1 saturated heterocycles. The summed E-state index contributed by atoms with van der Waals surface area (Å²) in [6.07, 6.45) is 6.84. The highest BCUT2D eigenvalue weighted by molar-refractivity contribution is 6.15. The van der Waals surface area contributed by atoms with Crippen LogP contribution >= 0.6 is 0 Å². The second kappa shape index (κ2) is 5.91. The Bertz CT molecular complexity index is 657. The van der Waals surface area contributed by atoms with Crippen LogP contribution < -0.4 is 4.90 Å². The zero-order valence-corrected chi connectivity index (χ0v) is 14.5. The first kappa shape index (κ1) is 15.7. The standard InChI is InChI=1S/C20H26N2O2/c1-15-14-16-8-4-5-9-17(16)22(15)19(24)20(10-11-20)18(23)21-12-6-2-3-7-13-21/h4-5,8-9,15H,2-3,6-7,10-14H2,1H3. The van der Waals surface area contributed by atoms with Crippen LogP contribution in [0.25, 0.3) is 0 Å². The lowest BCUT2D eigenvalue weighted by Crippen LogP contribution is -2.49. The molecular weight excluding hydrogens is 300 g/mol. The largest absolute Gasteiger partial charge is 0.342 e. The normalized spacial score (nSPS) is 25.1. The number of para-hydroxylation sites is 1. The molecule has 1 aliphatic carbocycles. The van der Waals surface area contributed by atoms with Gasteiger partial charge in [0, 0.05) is 24.8 Å². The van der Waals surface area contributed by atoms with Gasteiger partial charge in [0.05, 0.1) is 0 Å². The molecule has 2 heterocycles. The van der Waals surface area contributed by atoms with Crippen molar-refractivity contribution in [3.05, 3.63) is 29.8 Å². The van der Waals surface area contributed by atoms with E-state index < -0.39 is 5.41 Å². The lowest BCUT2D eigenvalue weighted by atomic mass is 10.0. The molecule has 3 aliphatic rings. The number of benzene rings is 1. The van der Waals surface area contributed by atoms with Crippen LogP contribution in [0.4, 0.5) is 5.69 Å². The lowest BCUT2D eigenvalue weighted by Gasteiger charge is -2.30. The van der Waals surface area contributed by atoms with Gasteiger partial charge in [-0.25, -0.2) is 0 Å². The van der Waals surface area contributed by atoms with Gasteiger partial charge in [0.15, 0.2) is 0 Å². The predicted molar refractivity (Wildman–Crippen MR) is 93.8 cm³/mol. The minimum absolute atomic E-state index is 0.0363. The molecule has 1 saturated carbocycles. The van der Waals surface area contributed by atoms with Gasteiger partial charge in [-0.3, -0.25) is 9.59 Å². The van der Waals surface area contributed by atoms with Crippen molar-refractivity contribution < 1.29 is 9.59 Å². The molecule has 0 N–H and O–H groups in total. The van der Waals surface area contributed by atoms with Crippen molar-refractivity contribution in [2.45, 2.75) is 57.9 Å². The van der Waals surface area contributed by atoms with Gasteiger partial charge < -0.3 is 9.80 Å². The smallest absolute Gasteiger partial charge is 0.242 e. The lowest BCUT2D eigenvalue weighted by molar-refractivity contribution is -0.143. The summed E-state index contributed by atoms with van der Waals surface area (Å²) in [5.41, 5.74) is 1.46. The maximum atomic E-state index is 13.4. The minimum atomic E-state index is -0.768. The number of carbonyl (C=O) groups is 2. The van der Waals surface area contributed by atoms with Crippen LogP contribution in [0.15, 0.2) is 24.3 Å². The number of rotatable bonds is 2. The van der Waals surface area contributed by atoms with Crippen molar-refractivity contribution in [1.82, 2.24) is 4.90 Å². The van der Waals surface area contributed by atoms with E-state index in [0.717, 1.165) is 38.0 Å². The SMILES string of the molecule is CC1Cc2ccccc2N1C(=O)C1(C(=O)N2CCCCCC2)CC1. The fourth-order valence-corrected chi connectivity index (χ4v) is 4.33. The molecular formula is C20H26N2O2. The Balaban J connectivity index is 1.58. The summed E-state index contributed by atoms with van der Waals surface area (Å²) in [6.45, 7) is 3.73. The number of hydrogen-bond acceptors (Lipinski definition) is 2. The van der Waals surface area contributed by atoms with E-state index in [-0.39, 0.29) is 17.9 Å². The third-order valence-electron chi connectivity index (χ3n) is 5.89. The first-order valence-corrected chi connectivity index (χ1v) is 9.34. The highest BCUT2D eigenvalue weighted by Gasteiger charge is 2.60. The van der Waals surface area contributed by atoms with Crippen LogP contribution in [0.3, 0.4) is 0 Å². The maximum absolute atomic E-state index is 13.4. The molecule has 4 heteroatoms. The number of carbonyl (C=O) groups excluding carboxylic acids is 2. The minimum Gasteiger partial charge on any atom is -0.342 e. The average Bonchev–Trinajstić information content (AvgIpc) is 3.36. The van der Waals surface area contributed by atoms with Gasteiger partial charge in [0.2, 0.25) is 11.8 Å². The third-order valence-corrected chi connectivity index (χ3v) is 5.89. The number of likely N-dealkylation sites (tertiary alicyclic amines) is 1. The zero-order chi connectivity index (χ0) is 16.7. The van der Waals surface area contributed by atoms with Crippen molar-refractivity contribution in [2.75, 3.05) is 18.0 Å². The molecule has 0 spiro atoms. The van der Waals surface area contributed by atoms with Crippen molar-refractivity contribution in [1.29, 1.82) is 0 Å². The molecule has 1 unspecified atom stereocenters. The van der Waals surface area contributed by atoms with Crippen LogP contribution in [0.1, 0.15) is 51.0 Å². The number of hydrogen-bond donors (Lipinski definition) is 0.